The molecular formula is C14H20N2O4. The SMILES string of the molecule is CC(c1cccc(C(=O)O)n1)N(C)C(=O)OC(C)(C)C. The minimum Gasteiger partial charge on any atom is -0.477 e. The highest BCUT2D eigenvalue weighted by molar-refractivity contribution is 5.85. The van der Waals surface area contributed by atoms with Gasteiger partial charge >= 0.3 is 12.1 Å². The normalized spacial score (nSPS) is 12.7. The standard InChI is InChI=1S/C14H20N2O4/c1-9(16(5)13(19)20-14(2,3)4)10-7-6-8-11(15-10)12(17)18/h6-9H,1-5H3,(H,17,18). The Morgan fingerprint density at radius 3 is 2.45 bits per heavy atom. The third kappa shape index (κ3) is 4.22. The summed E-state index contributed by atoms with van der Waals surface area (Å²) in [6.45, 7) is 7.12. The minimum absolute atomic E-state index is 0.0491. The maximum Gasteiger partial charge on any atom is 0.410 e. The minimum atomic E-state index is -1.10. The number of nitrogens with zero attached hydrogens (tertiary/aromatic N) is 2. The molecule has 0 aliphatic rings. The van der Waals surface area contributed by atoms with E-state index in [4.69, 9.17) is 9.84 Å². The fraction of sp³-hybridized carbons (Fsp3) is 0.500. The third-order valence-electron chi connectivity index (χ3n) is 2.68. The van der Waals surface area contributed by atoms with Gasteiger partial charge in [-0.3, -0.25) is 0 Å². The smallest absolute Gasteiger partial charge is 0.410 e. The van der Waals surface area contributed by atoms with E-state index in [-0.39, 0.29) is 11.7 Å². The number of hydrogen-bond acceptors (Lipinski definition) is 4. The van der Waals surface area contributed by atoms with Crippen molar-refractivity contribution in [3.8, 4) is 0 Å². The largest absolute Gasteiger partial charge is 0.477 e. The number of carboxylic acid groups (broad SMARTS) is 1. The lowest BCUT2D eigenvalue weighted by molar-refractivity contribution is 0.0230. The van der Waals surface area contributed by atoms with Crippen LogP contribution in [0.5, 0.6) is 0 Å². The second-order valence-electron chi connectivity index (χ2n) is 5.52. The van der Waals surface area contributed by atoms with Crippen molar-refractivity contribution in [3.05, 3.63) is 29.6 Å². The lowest BCUT2D eigenvalue weighted by atomic mass is 10.2. The van der Waals surface area contributed by atoms with E-state index in [0.29, 0.717) is 5.69 Å². The number of hydrogen-bond donors (Lipinski definition) is 1. The fourth-order valence-corrected chi connectivity index (χ4v) is 1.49. The van der Waals surface area contributed by atoms with Crippen molar-refractivity contribution in [2.45, 2.75) is 39.3 Å². The molecule has 6 nitrogen and oxygen atoms in total. The molecule has 0 spiro atoms. The zero-order valence-electron chi connectivity index (χ0n) is 12.4. The summed E-state index contributed by atoms with van der Waals surface area (Å²) in [5.74, 6) is -1.10. The van der Waals surface area contributed by atoms with Crippen molar-refractivity contribution in [3.63, 3.8) is 0 Å². The number of carbonyl (C=O) groups excluding carboxylic acids is 1. The monoisotopic (exact) mass is 280 g/mol. The van der Waals surface area contributed by atoms with Gasteiger partial charge in [0.05, 0.1) is 11.7 Å². The van der Waals surface area contributed by atoms with E-state index in [2.05, 4.69) is 4.98 Å². The first-order valence-electron chi connectivity index (χ1n) is 6.28. The maximum absolute atomic E-state index is 12.0. The van der Waals surface area contributed by atoms with Gasteiger partial charge in [0.25, 0.3) is 0 Å². The molecule has 1 amide bonds. The number of carbonyl (C=O) groups is 2. The highest BCUT2D eigenvalue weighted by Crippen LogP contribution is 2.19. The Balaban J connectivity index is 2.88. The number of rotatable bonds is 3. The molecule has 1 aromatic heterocycles. The summed E-state index contributed by atoms with van der Waals surface area (Å²) in [4.78, 5) is 28.3. The van der Waals surface area contributed by atoms with Gasteiger partial charge in [-0.25, -0.2) is 14.6 Å². The highest BCUT2D eigenvalue weighted by Gasteiger charge is 2.24. The van der Waals surface area contributed by atoms with Crippen LogP contribution in [-0.4, -0.2) is 39.7 Å². The van der Waals surface area contributed by atoms with Crippen LogP contribution in [0.4, 0.5) is 4.79 Å². The first kappa shape index (κ1) is 15.9. The summed E-state index contributed by atoms with van der Waals surface area (Å²) in [6.07, 6.45) is -0.479. The number of amides is 1. The molecule has 6 heteroatoms. The van der Waals surface area contributed by atoms with Crippen LogP contribution in [0.25, 0.3) is 0 Å². The van der Waals surface area contributed by atoms with Crippen molar-refractivity contribution >= 4 is 12.1 Å². The number of aromatic nitrogens is 1. The quantitative estimate of drug-likeness (QED) is 0.920. The predicted molar refractivity (Wildman–Crippen MR) is 73.6 cm³/mol. The van der Waals surface area contributed by atoms with Gasteiger partial charge in [-0.1, -0.05) is 6.07 Å². The Kier molecular flexibility index (Phi) is 4.70. The van der Waals surface area contributed by atoms with E-state index in [9.17, 15) is 9.59 Å². The summed E-state index contributed by atoms with van der Waals surface area (Å²) < 4.78 is 5.26. The van der Waals surface area contributed by atoms with Crippen LogP contribution in [0.1, 0.15) is 49.9 Å². The van der Waals surface area contributed by atoms with E-state index in [1.54, 1.807) is 46.9 Å². The molecule has 0 aliphatic heterocycles. The Labute approximate surface area is 118 Å². The average molecular weight is 280 g/mol. The van der Waals surface area contributed by atoms with Gasteiger partial charge in [0.1, 0.15) is 11.3 Å². The molecule has 0 aliphatic carbocycles. The molecule has 1 unspecified atom stereocenters. The highest BCUT2D eigenvalue weighted by atomic mass is 16.6. The summed E-state index contributed by atoms with van der Waals surface area (Å²) in [7, 11) is 1.59. The molecule has 110 valence electrons. The molecule has 0 saturated carbocycles. The number of carboxylic acids is 1. The molecule has 0 radical (unpaired) electrons. The van der Waals surface area contributed by atoms with Gasteiger partial charge in [0, 0.05) is 7.05 Å². The maximum atomic E-state index is 12.0. The van der Waals surface area contributed by atoms with Gasteiger partial charge in [-0.15, -0.1) is 0 Å². The van der Waals surface area contributed by atoms with E-state index in [1.165, 1.54) is 11.0 Å². The van der Waals surface area contributed by atoms with Crippen LogP contribution in [0.15, 0.2) is 18.2 Å². The van der Waals surface area contributed by atoms with Gasteiger partial charge < -0.3 is 14.7 Å². The van der Waals surface area contributed by atoms with Crippen LogP contribution in [-0.2, 0) is 4.74 Å². The molecule has 1 N–H and O–H groups in total. The number of ether oxygens (including phenoxy) is 1. The van der Waals surface area contributed by atoms with Crippen molar-refractivity contribution < 1.29 is 19.4 Å². The molecule has 0 aromatic carbocycles. The summed E-state index contributed by atoms with van der Waals surface area (Å²) in [6, 6.07) is 4.30. The van der Waals surface area contributed by atoms with Crippen LogP contribution < -0.4 is 0 Å². The van der Waals surface area contributed by atoms with E-state index in [1.807, 2.05) is 0 Å². The first-order chi connectivity index (χ1) is 9.11. The molecule has 1 aromatic rings. The zero-order valence-corrected chi connectivity index (χ0v) is 12.4. The average Bonchev–Trinajstić information content (AvgIpc) is 2.35. The summed E-state index contributed by atoms with van der Waals surface area (Å²) in [5, 5.41) is 8.92. The van der Waals surface area contributed by atoms with E-state index in [0.717, 1.165) is 0 Å². The molecule has 1 rings (SSSR count). The third-order valence-corrected chi connectivity index (χ3v) is 2.68. The topological polar surface area (TPSA) is 79.7 Å². The van der Waals surface area contributed by atoms with Crippen molar-refractivity contribution in [1.29, 1.82) is 0 Å². The molecule has 0 bridgehead atoms. The Hall–Kier alpha value is -2.11. The summed E-state index contributed by atoms with van der Waals surface area (Å²) in [5.41, 5.74) is -0.133. The van der Waals surface area contributed by atoms with E-state index < -0.39 is 17.7 Å². The molecule has 0 fully saturated rings. The van der Waals surface area contributed by atoms with Crippen molar-refractivity contribution in [2.75, 3.05) is 7.05 Å². The fourth-order valence-electron chi connectivity index (χ4n) is 1.49. The molecular weight excluding hydrogens is 260 g/mol. The van der Waals surface area contributed by atoms with Gasteiger partial charge in [-0.2, -0.15) is 0 Å². The van der Waals surface area contributed by atoms with Crippen LogP contribution in [0.3, 0.4) is 0 Å². The predicted octanol–water partition coefficient (Wildman–Crippen LogP) is 2.71. The van der Waals surface area contributed by atoms with Crippen molar-refractivity contribution in [1.82, 2.24) is 9.88 Å². The van der Waals surface area contributed by atoms with Crippen LogP contribution in [0.2, 0.25) is 0 Å². The van der Waals surface area contributed by atoms with Gasteiger partial charge in [0.15, 0.2) is 0 Å². The molecule has 1 atom stereocenters. The van der Waals surface area contributed by atoms with Crippen LogP contribution in [0, 0.1) is 0 Å². The molecule has 0 saturated heterocycles. The second kappa shape index (κ2) is 5.90. The number of pyridine rings is 1. The Morgan fingerprint density at radius 2 is 1.95 bits per heavy atom. The lowest BCUT2D eigenvalue weighted by Crippen LogP contribution is -2.36. The van der Waals surface area contributed by atoms with E-state index >= 15 is 0 Å². The van der Waals surface area contributed by atoms with Crippen LogP contribution >= 0.6 is 0 Å². The second-order valence-corrected chi connectivity index (χ2v) is 5.52. The Bertz CT molecular complexity index is 508. The molecule has 20 heavy (non-hydrogen) atoms. The lowest BCUT2D eigenvalue weighted by Gasteiger charge is -2.28. The number of aromatic carboxylic acids is 1. The molecule has 1 heterocycles. The van der Waals surface area contributed by atoms with Gasteiger partial charge in [-0.05, 0) is 39.8 Å². The first-order valence-corrected chi connectivity index (χ1v) is 6.28. The van der Waals surface area contributed by atoms with Crippen molar-refractivity contribution in [2.24, 2.45) is 0 Å². The zero-order chi connectivity index (χ0) is 15.5. The Morgan fingerprint density at radius 1 is 1.35 bits per heavy atom. The van der Waals surface area contributed by atoms with Gasteiger partial charge in [0.2, 0.25) is 0 Å². The summed E-state index contributed by atoms with van der Waals surface area (Å²) >= 11 is 0.